The normalized spacial score (nSPS) is 15.5. The van der Waals surface area contributed by atoms with Crippen molar-refractivity contribution < 1.29 is 13.9 Å². The number of hydrogen-bond donors (Lipinski definition) is 1. The Balaban J connectivity index is 2.32. The van der Waals surface area contributed by atoms with Crippen LogP contribution in [0.25, 0.3) is 11.1 Å². The van der Waals surface area contributed by atoms with Gasteiger partial charge < -0.3 is 5.11 Å². The van der Waals surface area contributed by atoms with E-state index in [1.807, 2.05) is 19.9 Å². The summed E-state index contributed by atoms with van der Waals surface area (Å²) in [5, 5.41) is 10.5. The Morgan fingerprint density at radius 1 is 0.800 bits per heavy atom. The van der Waals surface area contributed by atoms with Crippen LogP contribution >= 0.6 is 0 Å². The lowest BCUT2D eigenvalue weighted by molar-refractivity contribution is 0.472. The van der Waals surface area contributed by atoms with E-state index in [4.69, 9.17) is 0 Å². The van der Waals surface area contributed by atoms with Crippen LogP contribution in [-0.4, -0.2) is 5.11 Å². The summed E-state index contributed by atoms with van der Waals surface area (Å²) < 4.78 is 28.1. The van der Waals surface area contributed by atoms with Crippen LogP contribution in [0.1, 0.15) is 44.7 Å². The van der Waals surface area contributed by atoms with E-state index in [0.29, 0.717) is 22.3 Å². The highest BCUT2D eigenvalue weighted by molar-refractivity contribution is 5.77. The van der Waals surface area contributed by atoms with Crippen molar-refractivity contribution in [3.63, 3.8) is 0 Å². The number of rotatable bonds is 2. The highest BCUT2D eigenvalue weighted by Gasteiger charge is 2.29. The zero-order valence-electron chi connectivity index (χ0n) is 15.2. The summed E-state index contributed by atoms with van der Waals surface area (Å²) in [5.41, 5.74) is 7.09. The van der Waals surface area contributed by atoms with E-state index in [1.54, 1.807) is 19.1 Å². The molecule has 3 heteroatoms. The lowest BCUT2D eigenvalue weighted by atomic mass is 9.83. The molecule has 2 aromatic carbocycles. The zero-order chi connectivity index (χ0) is 18.5. The second-order valence-corrected chi connectivity index (χ2v) is 6.87. The number of benzene rings is 2. The van der Waals surface area contributed by atoms with E-state index in [0.717, 1.165) is 11.1 Å². The van der Waals surface area contributed by atoms with Crippen molar-refractivity contribution in [2.75, 3.05) is 0 Å². The molecule has 0 bridgehead atoms. The average molecular weight is 340 g/mol. The van der Waals surface area contributed by atoms with Gasteiger partial charge in [-0.15, -0.1) is 0 Å². The van der Waals surface area contributed by atoms with E-state index >= 15 is 0 Å². The van der Waals surface area contributed by atoms with Crippen LogP contribution in [0.15, 0.2) is 52.6 Å². The van der Waals surface area contributed by atoms with Gasteiger partial charge in [0.1, 0.15) is 5.75 Å². The fraction of sp³-hybridized carbons (Fsp3) is 0.273. The third-order valence-corrected chi connectivity index (χ3v) is 5.54. The first-order chi connectivity index (χ1) is 11.7. The molecule has 2 aromatic rings. The van der Waals surface area contributed by atoms with Crippen LogP contribution in [0.2, 0.25) is 0 Å². The van der Waals surface area contributed by atoms with Crippen LogP contribution < -0.4 is 0 Å². The van der Waals surface area contributed by atoms with Crippen molar-refractivity contribution in [2.24, 2.45) is 0 Å². The molecule has 0 aromatic heterocycles. The SMILES string of the molecule is CC1=C(C)C(c2cc(F)c(F)cc2-c2cccc(C)c2O)C(C)=C1C. The average Bonchev–Trinajstić information content (AvgIpc) is 2.76. The molecule has 1 N–H and O–H groups in total. The number of phenols is 1. The molecule has 0 heterocycles. The highest BCUT2D eigenvalue weighted by atomic mass is 19.2. The second kappa shape index (κ2) is 6.14. The zero-order valence-corrected chi connectivity index (χ0v) is 15.2. The third kappa shape index (κ3) is 2.68. The summed E-state index contributed by atoms with van der Waals surface area (Å²) in [6.45, 7) is 9.95. The Hall–Kier alpha value is -2.42. The molecule has 0 fully saturated rings. The second-order valence-electron chi connectivity index (χ2n) is 6.87. The minimum Gasteiger partial charge on any atom is -0.507 e. The summed E-state index contributed by atoms with van der Waals surface area (Å²) in [6, 6.07) is 7.81. The summed E-state index contributed by atoms with van der Waals surface area (Å²) in [5.74, 6) is -1.78. The number of phenolic OH excluding ortho intramolecular Hbond substituents is 1. The fourth-order valence-electron chi connectivity index (χ4n) is 3.73. The topological polar surface area (TPSA) is 20.2 Å². The van der Waals surface area contributed by atoms with Crippen LogP contribution in [0, 0.1) is 18.6 Å². The lowest BCUT2D eigenvalue weighted by Gasteiger charge is -2.21. The number of aromatic hydroxyl groups is 1. The summed E-state index contributed by atoms with van der Waals surface area (Å²) in [6.07, 6.45) is 0. The first kappa shape index (κ1) is 17.4. The maximum Gasteiger partial charge on any atom is 0.159 e. The van der Waals surface area contributed by atoms with E-state index in [2.05, 4.69) is 13.8 Å². The molecule has 0 spiro atoms. The molecule has 0 unspecified atom stereocenters. The molecule has 25 heavy (non-hydrogen) atoms. The van der Waals surface area contributed by atoms with Gasteiger partial charge in [0.15, 0.2) is 11.6 Å². The van der Waals surface area contributed by atoms with E-state index in [9.17, 15) is 13.9 Å². The van der Waals surface area contributed by atoms with Gasteiger partial charge >= 0.3 is 0 Å². The van der Waals surface area contributed by atoms with Gasteiger partial charge in [0.25, 0.3) is 0 Å². The summed E-state index contributed by atoms with van der Waals surface area (Å²) in [4.78, 5) is 0. The van der Waals surface area contributed by atoms with Gasteiger partial charge in [-0.25, -0.2) is 8.78 Å². The van der Waals surface area contributed by atoms with Crippen LogP contribution in [0.5, 0.6) is 5.75 Å². The Morgan fingerprint density at radius 2 is 1.36 bits per heavy atom. The number of aryl methyl sites for hydroxylation is 1. The molecule has 1 nitrogen and oxygen atoms in total. The van der Waals surface area contributed by atoms with Crippen molar-refractivity contribution >= 4 is 0 Å². The number of halogens is 2. The molecule has 0 saturated carbocycles. The fourth-order valence-corrected chi connectivity index (χ4v) is 3.73. The van der Waals surface area contributed by atoms with Crippen LogP contribution in [-0.2, 0) is 0 Å². The van der Waals surface area contributed by atoms with E-state index < -0.39 is 11.6 Å². The van der Waals surface area contributed by atoms with Gasteiger partial charge in [0.05, 0.1) is 0 Å². The van der Waals surface area contributed by atoms with E-state index in [1.165, 1.54) is 23.3 Å². The maximum absolute atomic E-state index is 14.1. The first-order valence-electron chi connectivity index (χ1n) is 8.37. The van der Waals surface area contributed by atoms with E-state index in [-0.39, 0.29) is 11.7 Å². The van der Waals surface area contributed by atoms with Gasteiger partial charge in [-0.2, -0.15) is 0 Å². The number of hydrogen-bond acceptors (Lipinski definition) is 1. The summed E-state index contributed by atoms with van der Waals surface area (Å²) in [7, 11) is 0. The minimum atomic E-state index is -0.908. The van der Waals surface area contributed by atoms with Gasteiger partial charge in [-0.3, -0.25) is 0 Å². The quantitative estimate of drug-likeness (QED) is 0.669. The number of para-hydroxylation sites is 1. The Kier molecular flexibility index (Phi) is 4.28. The van der Waals surface area contributed by atoms with Crippen molar-refractivity contribution in [3.8, 4) is 16.9 Å². The minimum absolute atomic E-state index is 0.101. The molecular weight excluding hydrogens is 318 g/mol. The standard InChI is InChI=1S/C22H22F2O/c1-11-7-6-8-16(22(11)25)17-9-19(23)20(24)10-18(17)21-14(4)12(2)13(3)15(21)5/h6-10,21,25H,1-5H3. The van der Waals surface area contributed by atoms with Gasteiger partial charge in [0.2, 0.25) is 0 Å². The molecule has 0 amide bonds. The summed E-state index contributed by atoms with van der Waals surface area (Å²) >= 11 is 0. The maximum atomic E-state index is 14.1. The number of allylic oxidation sites excluding steroid dienone is 4. The Bertz CT molecular complexity index is 911. The smallest absolute Gasteiger partial charge is 0.159 e. The monoisotopic (exact) mass is 340 g/mol. The molecule has 1 aliphatic carbocycles. The van der Waals surface area contributed by atoms with Crippen molar-refractivity contribution in [1.82, 2.24) is 0 Å². The predicted octanol–water partition coefficient (Wildman–Crippen LogP) is 6.42. The molecule has 0 aliphatic heterocycles. The largest absolute Gasteiger partial charge is 0.507 e. The van der Waals surface area contributed by atoms with Crippen molar-refractivity contribution in [2.45, 2.75) is 40.5 Å². The van der Waals surface area contributed by atoms with Gasteiger partial charge in [-0.1, -0.05) is 29.3 Å². The first-order valence-corrected chi connectivity index (χ1v) is 8.37. The predicted molar refractivity (Wildman–Crippen MR) is 97.7 cm³/mol. The molecule has 130 valence electrons. The van der Waals surface area contributed by atoms with Gasteiger partial charge in [-0.05, 0) is 74.6 Å². The molecular formula is C22H22F2O. The molecule has 0 radical (unpaired) electrons. The Morgan fingerprint density at radius 3 is 1.96 bits per heavy atom. The molecule has 3 rings (SSSR count). The van der Waals surface area contributed by atoms with Crippen LogP contribution in [0.3, 0.4) is 0 Å². The molecule has 1 aliphatic rings. The highest BCUT2D eigenvalue weighted by Crippen LogP contribution is 2.47. The third-order valence-electron chi connectivity index (χ3n) is 5.54. The molecule has 0 saturated heterocycles. The van der Waals surface area contributed by atoms with Crippen molar-refractivity contribution in [1.29, 1.82) is 0 Å². The van der Waals surface area contributed by atoms with Crippen LogP contribution in [0.4, 0.5) is 8.78 Å². The van der Waals surface area contributed by atoms with Gasteiger partial charge in [0, 0.05) is 11.5 Å². The van der Waals surface area contributed by atoms with Crippen molar-refractivity contribution in [3.05, 3.63) is 75.4 Å². The molecule has 0 atom stereocenters. The Labute approximate surface area is 147 Å². The lowest BCUT2D eigenvalue weighted by Crippen LogP contribution is -2.04.